The van der Waals surface area contributed by atoms with Crippen molar-refractivity contribution in [1.29, 1.82) is 0 Å². The highest BCUT2D eigenvalue weighted by Crippen LogP contribution is 2.32. The van der Waals surface area contributed by atoms with Crippen molar-refractivity contribution in [2.24, 2.45) is 16.0 Å². The van der Waals surface area contributed by atoms with Crippen molar-refractivity contribution in [3.05, 3.63) is 54.4 Å². The summed E-state index contributed by atoms with van der Waals surface area (Å²) in [4.78, 5) is 3.99. The molecule has 1 saturated carbocycles. The van der Waals surface area contributed by atoms with E-state index in [1.165, 1.54) is 10.7 Å². The van der Waals surface area contributed by atoms with Gasteiger partial charge in [0.15, 0.2) is 5.82 Å². The second kappa shape index (κ2) is 9.84. The van der Waals surface area contributed by atoms with Gasteiger partial charge in [-0.2, -0.15) is 18.2 Å². The molecule has 0 bridgehead atoms. The molecule has 4 atom stereocenters. The molecule has 2 aromatic carbocycles. The molecule has 1 fully saturated rings. The van der Waals surface area contributed by atoms with Crippen LogP contribution in [0.5, 0.6) is 0 Å². The minimum absolute atomic E-state index is 0.194. The first-order valence-electron chi connectivity index (χ1n) is 10.8. The van der Waals surface area contributed by atoms with Crippen molar-refractivity contribution in [1.82, 2.24) is 15.1 Å². The van der Waals surface area contributed by atoms with E-state index in [1.54, 1.807) is 25.1 Å². The van der Waals surface area contributed by atoms with Crippen molar-refractivity contribution >= 4 is 39.4 Å². The SMILES string of the molecule is C=Nc1cc(-c2cc3ccccc3cc2F)nn1/C(=C\C)N[C@@H]1C[C@H](COS(N)(=O)=O)[C@@H](O)[C@H]1O. The number of fused-ring (bicyclic) bond motifs is 1. The Kier molecular flexibility index (Phi) is 7.01. The first kappa shape index (κ1) is 24.9. The van der Waals surface area contributed by atoms with Gasteiger partial charge in [-0.25, -0.2) is 14.5 Å². The lowest BCUT2D eigenvalue weighted by molar-refractivity contribution is 0.00412. The van der Waals surface area contributed by atoms with Crippen LogP contribution < -0.4 is 10.5 Å². The number of nitrogens with zero attached hydrogens (tertiary/aromatic N) is 3. The summed E-state index contributed by atoms with van der Waals surface area (Å²) in [7, 11) is -4.18. The zero-order valence-corrected chi connectivity index (χ0v) is 19.7. The van der Waals surface area contributed by atoms with Gasteiger partial charge in [-0.3, -0.25) is 4.18 Å². The summed E-state index contributed by atoms with van der Waals surface area (Å²) in [6.07, 6.45) is -0.578. The second-order valence-corrected chi connectivity index (χ2v) is 9.54. The van der Waals surface area contributed by atoms with Gasteiger partial charge in [0, 0.05) is 17.5 Å². The second-order valence-electron chi connectivity index (χ2n) is 8.32. The van der Waals surface area contributed by atoms with Gasteiger partial charge < -0.3 is 15.5 Å². The number of nitrogens with one attached hydrogen (secondary N) is 1. The van der Waals surface area contributed by atoms with Crippen LogP contribution >= 0.6 is 0 Å². The summed E-state index contributed by atoms with van der Waals surface area (Å²) in [5.74, 6) is -0.374. The average molecular weight is 504 g/mol. The lowest BCUT2D eigenvalue weighted by Gasteiger charge is -2.21. The molecule has 3 aromatic rings. The van der Waals surface area contributed by atoms with E-state index in [4.69, 9.17) is 5.14 Å². The third-order valence-electron chi connectivity index (χ3n) is 6.05. The molecule has 0 radical (unpaired) electrons. The normalized spacial score (nSPS) is 23.1. The van der Waals surface area contributed by atoms with Gasteiger partial charge in [-0.1, -0.05) is 24.3 Å². The lowest BCUT2D eigenvalue weighted by Crippen LogP contribution is -2.40. The average Bonchev–Trinajstić information content (AvgIpc) is 3.36. The van der Waals surface area contributed by atoms with E-state index < -0.39 is 40.3 Å². The van der Waals surface area contributed by atoms with Crippen LogP contribution in [0.1, 0.15) is 13.3 Å². The maximum atomic E-state index is 14.9. The highest BCUT2D eigenvalue weighted by Gasteiger charge is 2.42. The summed E-state index contributed by atoms with van der Waals surface area (Å²) in [5, 5.41) is 34.9. The van der Waals surface area contributed by atoms with Crippen molar-refractivity contribution < 1.29 is 27.2 Å². The molecule has 0 saturated heterocycles. The van der Waals surface area contributed by atoms with Crippen LogP contribution in [0.3, 0.4) is 0 Å². The molecule has 1 heterocycles. The van der Waals surface area contributed by atoms with Gasteiger partial charge in [0.2, 0.25) is 0 Å². The van der Waals surface area contributed by atoms with Gasteiger partial charge in [0.25, 0.3) is 0 Å². The number of hydrogen-bond donors (Lipinski definition) is 4. The third-order valence-corrected chi connectivity index (χ3v) is 6.51. The zero-order valence-electron chi connectivity index (χ0n) is 18.9. The smallest absolute Gasteiger partial charge is 0.333 e. The van der Waals surface area contributed by atoms with Crippen molar-refractivity contribution in [3.63, 3.8) is 0 Å². The highest BCUT2D eigenvalue weighted by atomic mass is 32.2. The molecule has 0 spiro atoms. The molecule has 4 rings (SSSR count). The van der Waals surface area contributed by atoms with Gasteiger partial charge >= 0.3 is 10.3 Å². The molecule has 12 heteroatoms. The largest absolute Gasteiger partial charge is 0.390 e. The Hall–Kier alpha value is -3.16. The number of aliphatic hydroxyl groups is 2. The Labute approximate surface area is 201 Å². The molecule has 1 aliphatic rings. The van der Waals surface area contributed by atoms with E-state index in [-0.39, 0.29) is 13.0 Å². The maximum absolute atomic E-state index is 14.9. The number of nitrogens with two attached hydrogens (primary N) is 1. The minimum atomic E-state index is -4.18. The van der Waals surface area contributed by atoms with E-state index in [1.807, 2.05) is 24.3 Å². The fourth-order valence-corrected chi connectivity index (χ4v) is 4.64. The number of hydrogen-bond acceptors (Lipinski definition) is 8. The lowest BCUT2D eigenvalue weighted by atomic mass is 10.0. The molecular formula is C23H26FN5O5S. The van der Waals surface area contributed by atoms with E-state index in [9.17, 15) is 23.0 Å². The van der Waals surface area contributed by atoms with E-state index >= 15 is 0 Å². The van der Waals surface area contributed by atoms with Crippen LogP contribution in [0.2, 0.25) is 0 Å². The molecule has 0 aliphatic heterocycles. The molecular weight excluding hydrogens is 477 g/mol. The van der Waals surface area contributed by atoms with Crippen LogP contribution in [0.25, 0.3) is 27.9 Å². The molecule has 0 amide bonds. The third kappa shape index (κ3) is 5.26. The fraction of sp³-hybridized carbons (Fsp3) is 0.304. The van der Waals surface area contributed by atoms with Gasteiger partial charge in [0.1, 0.15) is 17.7 Å². The number of allylic oxidation sites excluding steroid dienone is 1. The van der Waals surface area contributed by atoms with E-state index in [0.29, 0.717) is 22.9 Å². The predicted octanol–water partition coefficient (Wildman–Crippen LogP) is 1.91. The summed E-state index contributed by atoms with van der Waals surface area (Å²) in [6, 6.07) is 11.5. The monoisotopic (exact) mass is 503 g/mol. The maximum Gasteiger partial charge on any atom is 0.333 e. The number of aliphatic imine (C=N–C) groups is 1. The number of aliphatic hydroxyl groups excluding tert-OH is 2. The van der Waals surface area contributed by atoms with Gasteiger partial charge in [0.05, 0.1) is 24.4 Å². The van der Waals surface area contributed by atoms with E-state index in [2.05, 4.69) is 26.3 Å². The Morgan fingerprint density at radius 1 is 1.31 bits per heavy atom. The summed E-state index contributed by atoms with van der Waals surface area (Å²) >= 11 is 0. The number of halogens is 1. The molecule has 0 unspecified atom stereocenters. The number of aromatic nitrogens is 2. The molecule has 1 aliphatic carbocycles. The topological polar surface area (TPSA) is 152 Å². The van der Waals surface area contributed by atoms with Gasteiger partial charge in [-0.05, 0) is 49.0 Å². The molecule has 186 valence electrons. The van der Waals surface area contributed by atoms with Crippen molar-refractivity contribution in [3.8, 4) is 11.3 Å². The molecule has 10 nitrogen and oxygen atoms in total. The zero-order chi connectivity index (χ0) is 25.3. The highest BCUT2D eigenvalue weighted by molar-refractivity contribution is 7.84. The summed E-state index contributed by atoms with van der Waals surface area (Å²) in [5.41, 5.74) is 0.627. The minimum Gasteiger partial charge on any atom is -0.390 e. The van der Waals surface area contributed by atoms with E-state index in [0.717, 1.165) is 10.8 Å². The number of benzene rings is 2. The molecule has 35 heavy (non-hydrogen) atoms. The van der Waals surface area contributed by atoms with Crippen LogP contribution in [-0.4, -0.2) is 60.0 Å². The van der Waals surface area contributed by atoms with Crippen LogP contribution in [0, 0.1) is 11.7 Å². The number of rotatable bonds is 8. The predicted molar refractivity (Wildman–Crippen MR) is 130 cm³/mol. The Balaban J connectivity index is 1.60. The Morgan fingerprint density at radius 3 is 2.63 bits per heavy atom. The summed E-state index contributed by atoms with van der Waals surface area (Å²) in [6.45, 7) is 4.93. The fourth-order valence-electron chi connectivity index (χ4n) is 4.27. The Morgan fingerprint density at radius 2 is 2.00 bits per heavy atom. The van der Waals surface area contributed by atoms with Crippen LogP contribution in [0.15, 0.2) is 53.5 Å². The van der Waals surface area contributed by atoms with Crippen molar-refractivity contribution in [2.45, 2.75) is 31.6 Å². The van der Waals surface area contributed by atoms with Crippen molar-refractivity contribution in [2.75, 3.05) is 6.61 Å². The first-order valence-corrected chi connectivity index (χ1v) is 12.3. The standard InChI is InChI=1S/C23H26FN5O5S/c1-3-20(27-19-10-15(22(30)23(19)31)12-34-35(25,32)33)29-21(26-2)11-18(28-29)16-8-13-6-4-5-7-14(13)9-17(16)24/h3-9,11,15,19,22-23,27,30-31H,2,10,12H2,1H3,(H2,25,32,33)/b20-3-/t15-,19-,22-,23+/m1/s1. The molecule has 5 N–H and O–H groups in total. The Bertz CT molecular complexity index is 1390. The first-order chi connectivity index (χ1) is 16.6. The summed E-state index contributed by atoms with van der Waals surface area (Å²) < 4.78 is 43.1. The molecule has 1 aromatic heterocycles. The van der Waals surface area contributed by atoms with Gasteiger partial charge in [-0.15, -0.1) is 0 Å². The quantitative estimate of drug-likeness (QED) is 0.343. The van der Waals surface area contributed by atoms with Crippen LogP contribution in [0.4, 0.5) is 10.2 Å². The van der Waals surface area contributed by atoms with Crippen LogP contribution in [-0.2, 0) is 14.5 Å².